The molecule has 0 saturated heterocycles. The molecule has 238 valence electrons. The Labute approximate surface area is 295 Å². The monoisotopic (exact) mass is 650 g/mol. The van der Waals surface area contributed by atoms with Crippen molar-refractivity contribution in [3.63, 3.8) is 0 Å². The van der Waals surface area contributed by atoms with E-state index in [2.05, 4.69) is 168 Å². The van der Waals surface area contributed by atoms with Crippen LogP contribution in [0.25, 0.3) is 94.3 Å². The molecule has 0 unspecified atom stereocenters. The summed E-state index contributed by atoms with van der Waals surface area (Å²) in [6.45, 7) is 0. The Morgan fingerprint density at radius 3 is 1.65 bits per heavy atom. The predicted molar refractivity (Wildman–Crippen MR) is 211 cm³/mol. The molecule has 4 heteroatoms. The van der Waals surface area contributed by atoms with Crippen molar-refractivity contribution >= 4 is 43.4 Å². The van der Waals surface area contributed by atoms with Crippen LogP contribution in [0, 0.1) is 0 Å². The predicted octanol–water partition coefficient (Wildman–Crippen LogP) is 11.9. The number of nitrogens with zero attached hydrogens (tertiary/aromatic N) is 4. The highest BCUT2D eigenvalue weighted by molar-refractivity contribution is 6.11. The molecule has 0 saturated carbocycles. The molecular weight excluding hydrogens is 621 g/mol. The van der Waals surface area contributed by atoms with Gasteiger partial charge in [-0.1, -0.05) is 158 Å². The second-order valence-electron chi connectivity index (χ2n) is 12.8. The first-order valence-electron chi connectivity index (χ1n) is 17.2. The number of benzene rings is 8. The largest absolute Gasteiger partial charge is 0.309 e. The van der Waals surface area contributed by atoms with Crippen LogP contribution in [-0.4, -0.2) is 19.5 Å². The summed E-state index contributed by atoms with van der Waals surface area (Å²) in [5, 5.41) is 7.10. The van der Waals surface area contributed by atoms with Crippen molar-refractivity contribution in [1.82, 2.24) is 19.5 Å². The Morgan fingerprint density at radius 1 is 0.314 bits per heavy atom. The number of fused-ring (bicyclic) bond motifs is 5. The third-order valence-corrected chi connectivity index (χ3v) is 9.86. The Kier molecular flexibility index (Phi) is 6.78. The number of para-hydroxylation sites is 2. The summed E-state index contributed by atoms with van der Waals surface area (Å²) in [6, 6.07) is 63.9. The molecule has 0 aliphatic carbocycles. The van der Waals surface area contributed by atoms with Gasteiger partial charge in [-0.3, -0.25) is 0 Å². The van der Waals surface area contributed by atoms with Gasteiger partial charge in [0.05, 0.1) is 11.0 Å². The molecule has 0 amide bonds. The first kappa shape index (κ1) is 29.0. The summed E-state index contributed by atoms with van der Waals surface area (Å²) in [4.78, 5) is 15.5. The number of hydrogen-bond donors (Lipinski definition) is 0. The fourth-order valence-corrected chi connectivity index (χ4v) is 7.51. The smallest absolute Gasteiger partial charge is 0.164 e. The van der Waals surface area contributed by atoms with Crippen LogP contribution in [0.15, 0.2) is 182 Å². The second-order valence-corrected chi connectivity index (χ2v) is 12.8. The van der Waals surface area contributed by atoms with Crippen LogP contribution in [0.1, 0.15) is 0 Å². The van der Waals surface area contributed by atoms with Gasteiger partial charge >= 0.3 is 0 Å². The lowest BCUT2D eigenvalue weighted by atomic mass is 9.92. The molecule has 0 aliphatic rings. The summed E-state index contributed by atoms with van der Waals surface area (Å²) >= 11 is 0. The van der Waals surface area contributed by atoms with Crippen molar-refractivity contribution in [2.45, 2.75) is 0 Å². The topological polar surface area (TPSA) is 43.6 Å². The standard InChI is InChI=1S/C47H30N4/c1-3-15-32(16-4-1)45-48-46(33-28-29-41-40-21-9-10-27-43(40)51(44(41)30-33)34-18-5-2-6-19-34)50-47(49-45)42-26-13-24-38-37(23-12-25-39(38)42)36-22-11-17-31-14-7-8-20-35(31)36/h1-30H. The summed E-state index contributed by atoms with van der Waals surface area (Å²) in [5.74, 6) is 1.91. The van der Waals surface area contributed by atoms with E-state index in [9.17, 15) is 0 Å². The van der Waals surface area contributed by atoms with Crippen LogP contribution < -0.4 is 0 Å². The third-order valence-electron chi connectivity index (χ3n) is 9.86. The normalized spacial score (nSPS) is 11.5. The van der Waals surface area contributed by atoms with E-state index in [1.807, 2.05) is 18.2 Å². The minimum absolute atomic E-state index is 0.632. The molecule has 0 fully saturated rings. The highest BCUT2D eigenvalue weighted by Crippen LogP contribution is 2.38. The minimum Gasteiger partial charge on any atom is -0.309 e. The van der Waals surface area contributed by atoms with Gasteiger partial charge in [0.1, 0.15) is 0 Å². The molecule has 0 radical (unpaired) electrons. The minimum atomic E-state index is 0.632. The van der Waals surface area contributed by atoms with Gasteiger partial charge in [0.25, 0.3) is 0 Å². The van der Waals surface area contributed by atoms with Crippen LogP contribution in [0.4, 0.5) is 0 Å². The van der Waals surface area contributed by atoms with Crippen molar-refractivity contribution in [3.8, 4) is 51.0 Å². The molecule has 51 heavy (non-hydrogen) atoms. The van der Waals surface area contributed by atoms with Gasteiger partial charge in [-0.05, 0) is 56.9 Å². The summed E-state index contributed by atoms with van der Waals surface area (Å²) in [7, 11) is 0. The van der Waals surface area contributed by atoms with Crippen LogP contribution in [-0.2, 0) is 0 Å². The summed E-state index contributed by atoms with van der Waals surface area (Å²) in [5.41, 5.74) is 8.61. The van der Waals surface area contributed by atoms with E-state index >= 15 is 0 Å². The molecular formula is C47H30N4. The molecule has 0 spiro atoms. The lowest BCUT2D eigenvalue weighted by molar-refractivity contribution is 1.08. The average molecular weight is 651 g/mol. The van der Waals surface area contributed by atoms with Gasteiger partial charge in [-0.25, -0.2) is 15.0 Å². The Balaban J connectivity index is 1.20. The molecule has 10 aromatic rings. The van der Waals surface area contributed by atoms with Crippen LogP contribution in [0.3, 0.4) is 0 Å². The number of rotatable bonds is 5. The lowest BCUT2D eigenvalue weighted by Crippen LogP contribution is -2.01. The summed E-state index contributed by atoms with van der Waals surface area (Å²) in [6.07, 6.45) is 0. The maximum Gasteiger partial charge on any atom is 0.164 e. The van der Waals surface area contributed by atoms with Crippen LogP contribution >= 0.6 is 0 Å². The average Bonchev–Trinajstić information content (AvgIpc) is 3.54. The van der Waals surface area contributed by atoms with Gasteiger partial charge in [0.15, 0.2) is 17.5 Å². The molecule has 4 nitrogen and oxygen atoms in total. The Hall–Kier alpha value is -6.91. The SMILES string of the molecule is c1ccc(-c2nc(-c3ccc4c5ccccc5n(-c5ccccc5)c4c3)nc(-c3cccc4c(-c5cccc6ccccc56)cccc34)n2)cc1. The van der Waals surface area contributed by atoms with E-state index in [0.717, 1.165) is 44.2 Å². The Morgan fingerprint density at radius 2 is 0.843 bits per heavy atom. The fourth-order valence-electron chi connectivity index (χ4n) is 7.51. The fraction of sp³-hybridized carbons (Fsp3) is 0. The molecule has 2 aromatic heterocycles. The van der Waals surface area contributed by atoms with Gasteiger partial charge in [0, 0.05) is 33.2 Å². The molecule has 0 N–H and O–H groups in total. The van der Waals surface area contributed by atoms with Crippen molar-refractivity contribution in [2.24, 2.45) is 0 Å². The number of aromatic nitrogens is 4. The van der Waals surface area contributed by atoms with Crippen molar-refractivity contribution in [2.75, 3.05) is 0 Å². The van der Waals surface area contributed by atoms with E-state index in [1.165, 1.54) is 32.7 Å². The maximum absolute atomic E-state index is 5.23. The molecule has 0 aliphatic heterocycles. The van der Waals surface area contributed by atoms with Crippen LogP contribution in [0.2, 0.25) is 0 Å². The number of hydrogen-bond acceptors (Lipinski definition) is 3. The highest BCUT2D eigenvalue weighted by Gasteiger charge is 2.18. The van der Waals surface area contributed by atoms with Crippen molar-refractivity contribution < 1.29 is 0 Å². The maximum atomic E-state index is 5.23. The van der Waals surface area contributed by atoms with E-state index < -0.39 is 0 Å². The molecule has 8 aromatic carbocycles. The van der Waals surface area contributed by atoms with E-state index in [-0.39, 0.29) is 0 Å². The quantitative estimate of drug-likeness (QED) is 0.186. The zero-order chi connectivity index (χ0) is 33.7. The van der Waals surface area contributed by atoms with Crippen LogP contribution in [0.5, 0.6) is 0 Å². The first-order chi connectivity index (χ1) is 25.3. The van der Waals surface area contributed by atoms with Crippen molar-refractivity contribution in [1.29, 1.82) is 0 Å². The first-order valence-corrected chi connectivity index (χ1v) is 17.2. The van der Waals surface area contributed by atoms with Crippen molar-refractivity contribution in [3.05, 3.63) is 182 Å². The van der Waals surface area contributed by atoms with E-state index in [4.69, 9.17) is 15.0 Å². The van der Waals surface area contributed by atoms with Gasteiger partial charge in [0.2, 0.25) is 0 Å². The Bertz CT molecular complexity index is 2900. The highest BCUT2D eigenvalue weighted by atomic mass is 15.0. The van der Waals surface area contributed by atoms with Gasteiger partial charge in [-0.15, -0.1) is 0 Å². The zero-order valence-electron chi connectivity index (χ0n) is 27.6. The molecule has 0 bridgehead atoms. The van der Waals surface area contributed by atoms with Gasteiger partial charge < -0.3 is 4.57 Å². The molecule has 2 heterocycles. The van der Waals surface area contributed by atoms with E-state index in [1.54, 1.807) is 0 Å². The lowest BCUT2D eigenvalue weighted by Gasteiger charge is -2.14. The molecule has 10 rings (SSSR count). The van der Waals surface area contributed by atoms with Gasteiger partial charge in [-0.2, -0.15) is 0 Å². The third kappa shape index (κ3) is 4.88. The van der Waals surface area contributed by atoms with E-state index in [0.29, 0.717) is 17.5 Å². The molecule has 0 atom stereocenters. The second kappa shape index (κ2) is 11.9. The summed E-state index contributed by atoms with van der Waals surface area (Å²) < 4.78 is 2.33. The zero-order valence-corrected chi connectivity index (χ0v) is 27.6.